The van der Waals surface area contributed by atoms with Gasteiger partial charge in [0.2, 0.25) is 0 Å². The molecule has 6 heteroatoms. The third kappa shape index (κ3) is 1.02. The molecule has 1 N–H and O–H groups in total. The molecule has 0 aliphatic carbocycles. The predicted octanol–water partition coefficient (Wildman–Crippen LogP) is -0.624. The SMILES string of the molecule is COc1cc(OC)[n+]([O-])n1O. The molecule has 1 aromatic rings. The Morgan fingerprint density at radius 1 is 1.55 bits per heavy atom. The predicted molar refractivity (Wildman–Crippen MR) is 33.7 cm³/mol. The number of ether oxygens (including phenoxy) is 2. The molecule has 0 atom stereocenters. The zero-order chi connectivity index (χ0) is 8.43. The summed E-state index contributed by atoms with van der Waals surface area (Å²) in [6.07, 6.45) is 0. The second-order valence-corrected chi connectivity index (χ2v) is 1.79. The van der Waals surface area contributed by atoms with Gasteiger partial charge in [0.05, 0.1) is 19.1 Å². The summed E-state index contributed by atoms with van der Waals surface area (Å²) in [4.78, 5) is 0.470. The van der Waals surface area contributed by atoms with Crippen molar-refractivity contribution in [2.24, 2.45) is 0 Å². The molecule has 0 amide bonds. The maximum atomic E-state index is 10.8. The van der Waals surface area contributed by atoms with Crippen LogP contribution in [0.15, 0.2) is 6.07 Å². The number of hydrogen-bond acceptors (Lipinski definition) is 4. The van der Waals surface area contributed by atoms with Gasteiger partial charge < -0.3 is 19.9 Å². The maximum absolute atomic E-state index is 10.8. The van der Waals surface area contributed by atoms with E-state index in [9.17, 15) is 5.21 Å². The van der Waals surface area contributed by atoms with E-state index in [1.165, 1.54) is 20.3 Å². The molecule has 1 aromatic heterocycles. The molecule has 11 heavy (non-hydrogen) atoms. The Morgan fingerprint density at radius 2 is 2.18 bits per heavy atom. The molecule has 0 radical (unpaired) electrons. The molecule has 0 aliphatic rings. The fourth-order valence-electron chi connectivity index (χ4n) is 0.679. The molecule has 0 fully saturated rings. The smallest absolute Gasteiger partial charge is 0.412 e. The molecular weight excluding hydrogens is 152 g/mol. The Morgan fingerprint density at radius 3 is 2.45 bits per heavy atom. The molecule has 62 valence electrons. The summed E-state index contributed by atoms with van der Waals surface area (Å²) >= 11 is 0. The standard InChI is InChI=1S/C5H8N2O4/c1-10-4-3-5(11-2)7(9)6(4)8/h3,8H,1-2H3. The minimum atomic E-state index is -0.0237. The highest BCUT2D eigenvalue weighted by atomic mass is 16.7. The van der Waals surface area contributed by atoms with E-state index in [0.717, 1.165) is 0 Å². The molecule has 6 nitrogen and oxygen atoms in total. The first-order valence-corrected chi connectivity index (χ1v) is 2.83. The Hall–Kier alpha value is -1.59. The summed E-state index contributed by atoms with van der Waals surface area (Å²) in [5, 5.41) is 19.7. The molecule has 0 saturated carbocycles. The molecule has 0 saturated heterocycles. The fraction of sp³-hybridized carbons (Fsp3) is 0.400. The van der Waals surface area contributed by atoms with E-state index in [4.69, 9.17) is 5.21 Å². The van der Waals surface area contributed by atoms with Crippen LogP contribution in [0.4, 0.5) is 0 Å². The van der Waals surface area contributed by atoms with Crippen LogP contribution in [-0.4, -0.2) is 24.3 Å². The molecule has 0 aromatic carbocycles. The summed E-state index contributed by atoms with van der Waals surface area (Å²) in [5.74, 6) is 0.00111. The Bertz CT molecular complexity index is 233. The molecule has 1 heterocycles. The molecule has 0 aliphatic heterocycles. The minimum Gasteiger partial charge on any atom is -0.591 e. The number of nitrogens with zero attached hydrogens (tertiary/aromatic N) is 2. The van der Waals surface area contributed by atoms with E-state index < -0.39 is 0 Å². The first kappa shape index (κ1) is 7.52. The fourth-order valence-corrected chi connectivity index (χ4v) is 0.679. The molecular formula is C5H8N2O4. The maximum Gasteiger partial charge on any atom is 0.412 e. The number of aromatic nitrogens is 2. The Balaban J connectivity index is 3.12. The zero-order valence-electron chi connectivity index (χ0n) is 6.14. The highest BCUT2D eigenvalue weighted by Gasteiger charge is 2.18. The van der Waals surface area contributed by atoms with Crippen LogP contribution in [-0.2, 0) is 0 Å². The monoisotopic (exact) mass is 160 g/mol. The van der Waals surface area contributed by atoms with Gasteiger partial charge in [-0.15, -0.1) is 0 Å². The van der Waals surface area contributed by atoms with Gasteiger partial charge in [-0.05, 0) is 4.85 Å². The van der Waals surface area contributed by atoms with Crippen molar-refractivity contribution in [2.75, 3.05) is 14.2 Å². The van der Waals surface area contributed by atoms with Crippen molar-refractivity contribution in [1.82, 2.24) is 4.85 Å². The number of hydrogen-bond donors (Lipinski definition) is 1. The Labute approximate surface area is 62.7 Å². The highest BCUT2D eigenvalue weighted by Crippen LogP contribution is 2.13. The van der Waals surface area contributed by atoms with Crippen molar-refractivity contribution < 1.29 is 19.5 Å². The van der Waals surface area contributed by atoms with E-state index in [1.807, 2.05) is 0 Å². The lowest BCUT2D eigenvalue weighted by molar-refractivity contribution is -0.729. The van der Waals surface area contributed by atoms with Crippen LogP contribution in [0.25, 0.3) is 0 Å². The lowest BCUT2D eigenvalue weighted by Crippen LogP contribution is -2.37. The van der Waals surface area contributed by atoms with Crippen LogP contribution in [0.1, 0.15) is 0 Å². The second-order valence-electron chi connectivity index (χ2n) is 1.79. The van der Waals surface area contributed by atoms with Gasteiger partial charge >= 0.3 is 11.8 Å². The summed E-state index contributed by atoms with van der Waals surface area (Å²) in [6.45, 7) is 0. The van der Waals surface area contributed by atoms with Gasteiger partial charge in [0.1, 0.15) is 6.07 Å². The molecule has 1 rings (SSSR count). The summed E-state index contributed by atoms with van der Waals surface area (Å²) in [5.41, 5.74) is 0. The average Bonchev–Trinajstić information content (AvgIpc) is 2.30. The van der Waals surface area contributed by atoms with Crippen LogP contribution in [0.2, 0.25) is 0 Å². The van der Waals surface area contributed by atoms with Crippen molar-refractivity contribution in [2.45, 2.75) is 0 Å². The lowest BCUT2D eigenvalue weighted by Gasteiger charge is -1.96. The first-order chi connectivity index (χ1) is 5.20. The summed E-state index contributed by atoms with van der Waals surface area (Å²) < 4.78 is 9.22. The van der Waals surface area contributed by atoms with E-state index >= 15 is 0 Å². The zero-order valence-corrected chi connectivity index (χ0v) is 6.14. The van der Waals surface area contributed by atoms with Crippen molar-refractivity contribution in [1.29, 1.82) is 0 Å². The number of rotatable bonds is 2. The quantitative estimate of drug-likeness (QED) is 0.355. The van der Waals surface area contributed by atoms with Crippen molar-refractivity contribution in [3.63, 3.8) is 0 Å². The van der Waals surface area contributed by atoms with Gasteiger partial charge in [-0.25, -0.2) is 0 Å². The van der Waals surface area contributed by atoms with E-state index in [1.54, 1.807) is 0 Å². The van der Waals surface area contributed by atoms with Gasteiger partial charge in [0.25, 0.3) is 0 Å². The third-order valence-corrected chi connectivity index (χ3v) is 1.22. The highest BCUT2D eigenvalue weighted by molar-refractivity contribution is 5.14. The van der Waals surface area contributed by atoms with Crippen LogP contribution < -0.4 is 14.3 Å². The summed E-state index contributed by atoms with van der Waals surface area (Å²) in [7, 11) is 2.66. The van der Waals surface area contributed by atoms with Crippen molar-refractivity contribution in [3.05, 3.63) is 11.3 Å². The van der Waals surface area contributed by atoms with Crippen LogP contribution in [0.3, 0.4) is 0 Å². The van der Waals surface area contributed by atoms with Crippen molar-refractivity contribution in [3.8, 4) is 11.8 Å². The number of methoxy groups -OCH3 is 2. The Kier molecular flexibility index (Phi) is 1.75. The van der Waals surface area contributed by atoms with E-state index in [2.05, 4.69) is 9.47 Å². The topological polar surface area (TPSA) is 70.6 Å². The van der Waals surface area contributed by atoms with Gasteiger partial charge in [-0.1, -0.05) is 0 Å². The van der Waals surface area contributed by atoms with Crippen LogP contribution in [0.5, 0.6) is 11.8 Å². The van der Waals surface area contributed by atoms with Gasteiger partial charge in [-0.3, -0.25) is 0 Å². The van der Waals surface area contributed by atoms with Crippen molar-refractivity contribution >= 4 is 0 Å². The molecule has 0 unspecified atom stereocenters. The van der Waals surface area contributed by atoms with E-state index in [-0.39, 0.29) is 16.6 Å². The summed E-state index contributed by atoms with van der Waals surface area (Å²) in [6, 6.07) is 1.27. The normalized spacial score (nSPS) is 9.64. The second kappa shape index (κ2) is 2.57. The first-order valence-electron chi connectivity index (χ1n) is 2.83. The lowest BCUT2D eigenvalue weighted by atomic mass is 10.6. The minimum absolute atomic E-state index is 0.0237. The molecule has 0 bridgehead atoms. The third-order valence-electron chi connectivity index (χ3n) is 1.22. The van der Waals surface area contributed by atoms with Gasteiger partial charge in [0.15, 0.2) is 0 Å². The largest absolute Gasteiger partial charge is 0.591 e. The van der Waals surface area contributed by atoms with Crippen LogP contribution in [0, 0.1) is 5.21 Å². The molecule has 0 spiro atoms. The van der Waals surface area contributed by atoms with Gasteiger partial charge in [0, 0.05) is 0 Å². The van der Waals surface area contributed by atoms with E-state index in [0.29, 0.717) is 4.85 Å². The van der Waals surface area contributed by atoms with Crippen LogP contribution >= 0.6 is 0 Å². The van der Waals surface area contributed by atoms with Gasteiger partial charge in [-0.2, -0.15) is 0 Å². The average molecular weight is 160 g/mol.